The van der Waals surface area contributed by atoms with E-state index in [2.05, 4.69) is 40.3 Å². The van der Waals surface area contributed by atoms with E-state index in [-0.39, 0.29) is 0 Å². The Kier molecular flexibility index (Phi) is 7.13. The van der Waals surface area contributed by atoms with Crippen molar-refractivity contribution >= 4 is 8.07 Å². The first-order valence-corrected chi connectivity index (χ1v) is 11.0. The molecule has 0 fully saturated rings. The maximum atomic E-state index is 2.76. The van der Waals surface area contributed by atoms with E-state index < -0.39 is 8.07 Å². The lowest BCUT2D eigenvalue weighted by atomic mass is 10.1. The summed E-state index contributed by atoms with van der Waals surface area (Å²) in [6.45, 7) is 11.8. The summed E-state index contributed by atoms with van der Waals surface area (Å²) < 4.78 is 0. The largest absolute Gasteiger partial charge is 0.106 e. The molecule has 0 aromatic carbocycles. The minimum Gasteiger partial charge on any atom is -0.0869 e. The smallest absolute Gasteiger partial charge is 0.0869 e. The molecule has 1 heterocycles. The zero-order chi connectivity index (χ0) is 14.3. The van der Waals surface area contributed by atoms with Gasteiger partial charge in [0.15, 0.2) is 0 Å². The Morgan fingerprint density at radius 3 is 1.84 bits per heavy atom. The highest BCUT2D eigenvalue weighted by molar-refractivity contribution is 6.92. The van der Waals surface area contributed by atoms with Gasteiger partial charge >= 0.3 is 0 Å². The molecule has 0 spiro atoms. The summed E-state index contributed by atoms with van der Waals surface area (Å²) in [5.41, 5.74) is 6.05. The first-order chi connectivity index (χ1) is 9.11. The summed E-state index contributed by atoms with van der Waals surface area (Å²) >= 11 is 0. The van der Waals surface area contributed by atoms with Gasteiger partial charge in [0.05, 0.1) is 0 Å². The average Bonchev–Trinajstić information content (AvgIpc) is 2.64. The fourth-order valence-electron chi connectivity index (χ4n) is 3.57. The monoisotopic (exact) mass is 278 g/mol. The average molecular weight is 279 g/mol. The second-order valence-corrected chi connectivity index (χ2v) is 10.6. The quantitative estimate of drug-likeness (QED) is 0.418. The third-order valence-electron chi connectivity index (χ3n) is 4.87. The number of hydrogen-bond acceptors (Lipinski definition) is 0. The fourth-order valence-corrected chi connectivity index (χ4v) is 9.52. The summed E-state index contributed by atoms with van der Waals surface area (Å²) in [5, 5.41) is 1.92. The van der Waals surface area contributed by atoms with Gasteiger partial charge < -0.3 is 0 Å². The third-order valence-corrected chi connectivity index (χ3v) is 10.2. The molecule has 0 aromatic heterocycles. The van der Waals surface area contributed by atoms with Gasteiger partial charge in [-0.05, 0) is 20.3 Å². The SMILES string of the molecule is CCCCC1=C(C)C(C)=C[Si]1(CCCC)CCCC. The van der Waals surface area contributed by atoms with Crippen LogP contribution in [0.25, 0.3) is 0 Å². The van der Waals surface area contributed by atoms with E-state index in [1.54, 1.807) is 11.1 Å². The normalized spacial score (nSPS) is 18.1. The van der Waals surface area contributed by atoms with Crippen molar-refractivity contribution in [3.63, 3.8) is 0 Å². The molecule has 0 atom stereocenters. The van der Waals surface area contributed by atoms with E-state index in [1.165, 1.54) is 57.0 Å². The summed E-state index contributed by atoms with van der Waals surface area (Å²) in [6.07, 6.45) is 9.69. The van der Waals surface area contributed by atoms with Gasteiger partial charge in [-0.15, -0.1) is 0 Å². The van der Waals surface area contributed by atoms with Crippen LogP contribution in [0.3, 0.4) is 0 Å². The van der Waals surface area contributed by atoms with Gasteiger partial charge in [-0.2, -0.15) is 0 Å². The van der Waals surface area contributed by atoms with E-state index in [0.29, 0.717) is 0 Å². The van der Waals surface area contributed by atoms with Gasteiger partial charge in [-0.25, -0.2) is 0 Å². The van der Waals surface area contributed by atoms with Gasteiger partial charge in [0.2, 0.25) is 0 Å². The molecule has 1 aliphatic heterocycles. The highest BCUT2D eigenvalue weighted by Crippen LogP contribution is 2.42. The van der Waals surface area contributed by atoms with E-state index >= 15 is 0 Å². The Labute approximate surface area is 122 Å². The van der Waals surface area contributed by atoms with Crippen LogP contribution in [0.1, 0.15) is 79.6 Å². The second kappa shape index (κ2) is 8.09. The number of hydrogen-bond donors (Lipinski definition) is 0. The standard InChI is InChI=1S/C18H34Si/c1-6-9-12-18-17(5)16(4)15-19(18,13-10-7-2)14-11-8-3/h15H,6-14H2,1-5H3. The molecule has 0 nitrogen and oxygen atoms in total. The van der Waals surface area contributed by atoms with Crippen LogP contribution in [-0.4, -0.2) is 8.07 Å². The van der Waals surface area contributed by atoms with Crippen LogP contribution in [0.15, 0.2) is 22.0 Å². The molecule has 1 heteroatoms. The summed E-state index contributed by atoms with van der Waals surface area (Å²) in [6, 6.07) is 3.02. The second-order valence-electron chi connectivity index (χ2n) is 6.40. The molecule has 0 radical (unpaired) electrons. The number of unbranched alkanes of at least 4 members (excludes halogenated alkanes) is 3. The first kappa shape index (κ1) is 16.8. The minimum absolute atomic E-state index is 1.25. The topological polar surface area (TPSA) is 0 Å². The molecule has 0 amide bonds. The molecule has 110 valence electrons. The zero-order valence-electron chi connectivity index (χ0n) is 13.9. The lowest BCUT2D eigenvalue weighted by molar-refractivity contribution is 0.786. The van der Waals surface area contributed by atoms with Crippen molar-refractivity contribution in [2.45, 2.75) is 91.7 Å². The minimum atomic E-state index is -1.25. The van der Waals surface area contributed by atoms with Crippen molar-refractivity contribution in [1.29, 1.82) is 0 Å². The first-order valence-electron chi connectivity index (χ1n) is 8.51. The van der Waals surface area contributed by atoms with Gasteiger partial charge in [0.1, 0.15) is 8.07 Å². The van der Waals surface area contributed by atoms with Gasteiger partial charge in [-0.3, -0.25) is 0 Å². The molecule has 0 aromatic rings. The van der Waals surface area contributed by atoms with E-state index in [1.807, 2.05) is 5.20 Å². The van der Waals surface area contributed by atoms with Gasteiger partial charge in [-0.1, -0.05) is 93.4 Å². The van der Waals surface area contributed by atoms with Crippen LogP contribution >= 0.6 is 0 Å². The molecule has 0 unspecified atom stereocenters. The molecule has 0 saturated heterocycles. The van der Waals surface area contributed by atoms with Crippen molar-refractivity contribution in [3.8, 4) is 0 Å². The van der Waals surface area contributed by atoms with Crippen molar-refractivity contribution in [1.82, 2.24) is 0 Å². The Bertz CT molecular complexity index is 328. The van der Waals surface area contributed by atoms with Crippen LogP contribution in [-0.2, 0) is 0 Å². The lowest BCUT2D eigenvalue weighted by Gasteiger charge is -2.30. The number of rotatable bonds is 9. The molecule has 1 aliphatic rings. The molecule has 0 aliphatic carbocycles. The Hall–Kier alpha value is -0.303. The molecule has 19 heavy (non-hydrogen) atoms. The van der Waals surface area contributed by atoms with E-state index in [0.717, 1.165) is 0 Å². The van der Waals surface area contributed by atoms with Gasteiger partial charge in [0.25, 0.3) is 0 Å². The predicted octanol–water partition coefficient (Wildman–Crippen LogP) is 6.58. The summed E-state index contributed by atoms with van der Waals surface area (Å²) in [4.78, 5) is 0. The van der Waals surface area contributed by atoms with Crippen molar-refractivity contribution < 1.29 is 0 Å². The molecule has 0 N–H and O–H groups in total. The molecule has 1 rings (SSSR count). The van der Waals surface area contributed by atoms with Crippen LogP contribution < -0.4 is 0 Å². The third kappa shape index (κ3) is 4.08. The highest BCUT2D eigenvalue weighted by Gasteiger charge is 2.38. The van der Waals surface area contributed by atoms with E-state index in [4.69, 9.17) is 0 Å². The highest BCUT2D eigenvalue weighted by atomic mass is 28.3. The predicted molar refractivity (Wildman–Crippen MR) is 91.2 cm³/mol. The van der Waals surface area contributed by atoms with Crippen LogP contribution in [0.5, 0.6) is 0 Å². The molecule has 0 bridgehead atoms. The van der Waals surface area contributed by atoms with Gasteiger partial charge in [0, 0.05) is 0 Å². The summed E-state index contributed by atoms with van der Waals surface area (Å²) in [7, 11) is -1.25. The summed E-state index contributed by atoms with van der Waals surface area (Å²) in [5.74, 6) is 0. The van der Waals surface area contributed by atoms with Crippen molar-refractivity contribution in [3.05, 3.63) is 22.0 Å². The Morgan fingerprint density at radius 1 is 0.842 bits per heavy atom. The number of allylic oxidation sites excluding steroid dienone is 3. The maximum absolute atomic E-state index is 2.76. The molecule has 0 saturated carbocycles. The zero-order valence-corrected chi connectivity index (χ0v) is 14.9. The Balaban J connectivity index is 2.97. The van der Waals surface area contributed by atoms with Crippen molar-refractivity contribution in [2.24, 2.45) is 0 Å². The van der Waals surface area contributed by atoms with Crippen LogP contribution in [0.2, 0.25) is 12.1 Å². The van der Waals surface area contributed by atoms with Crippen LogP contribution in [0.4, 0.5) is 0 Å². The molecular formula is C18H34Si. The fraction of sp³-hybridized carbons (Fsp3) is 0.778. The van der Waals surface area contributed by atoms with E-state index in [9.17, 15) is 0 Å². The van der Waals surface area contributed by atoms with Crippen LogP contribution in [0, 0.1) is 0 Å². The van der Waals surface area contributed by atoms with Crippen molar-refractivity contribution in [2.75, 3.05) is 0 Å². The molecular weight excluding hydrogens is 244 g/mol. The Morgan fingerprint density at radius 2 is 1.37 bits per heavy atom. The lowest BCUT2D eigenvalue weighted by Crippen LogP contribution is -2.33. The maximum Gasteiger partial charge on any atom is 0.106 e.